The van der Waals surface area contributed by atoms with Gasteiger partial charge in [0.25, 0.3) is 0 Å². The minimum Gasteiger partial charge on any atom is -0.370 e. The number of hydrogen-bond acceptors (Lipinski definition) is 6. The molecule has 0 unspecified atom stereocenters. The van der Waals surface area contributed by atoms with Crippen LogP contribution in [0.15, 0.2) is 21.9 Å². The third-order valence-corrected chi connectivity index (χ3v) is 5.66. The van der Waals surface area contributed by atoms with E-state index >= 15 is 0 Å². The number of hydrogen-bond donors (Lipinski definition) is 1. The van der Waals surface area contributed by atoms with Crippen LogP contribution in [0.2, 0.25) is 0 Å². The molecule has 24 heavy (non-hydrogen) atoms. The molecule has 0 atom stereocenters. The Morgan fingerprint density at radius 1 is 1.25 bits per heavy atom. The SMILES string of the molecule is CC(C)(C)c1csc(CN=C(N)N2CCN(c3nccs3)CC2)n1. The Morgan fingerprint density at radius 2 is 2.00 bits per heavy atom. The van der Waals surface area contributed by atoms with E-state index in [9.17, 15) is 0 Å². The molecule has 1 aliphatic heterocycles. The van der Waals surface area contributed by atoms with Crippen molar-refractivity contribution in [2.24, 2.45) is 10.7 Å². The van der Waals surface area contributed by atoms with Crippen LogP contribution in [0.5, 0.6) is 0 Å². The van der Waals surface area contributed by atoms with Gasteiger partial charge in [-0.05, 0) is 0 Å². The number of thiazole rings is 2. The van der Waals surface area contributed by atoms with Gasteiger partial charge in [0.05, 0.1) is 12.2 Å². The summed E-state index contributed by atoms with van der Waals surface area (Å²) in [5.41, 5.74) is 7.37. The maximum atomic E-state index is 6.17. The molecule has 3 rings (SSSR count). The van der Waals surface area contributed by atoms with Crippen molar-refractivity contribution in [3.8, 4) is 0 Å². The highest BCUT2D eigenvalue weighted by molar-refractivity contribution is 7.13. The fraction of sp³-hybridized carbons (Fsp3) is 0.562. The number of nitrogens with zero attached hydrogens (tertiary/aromatic N) is 5. The first kappa shape index (κ1) is 17.2. The molecule has 2 N–H and O–H groups in total. The summed E-state index contributed by atoms with van der Waals surface area (Å²) in [6.45, 7) is 10.7. The molecule has 8 heteroatoms. The molecule has 2 aromatic heterocycles. The first-order valence-corrected chi connectivity index (χ1v) is 9.83. The van der Waals surface area contributed by atoms with E-state index in [2.05, 4.69) is 50.9 Å². The van der Waals surface area contributed by atoms with Gasteiger partial charge in [-0.25, -0.2) is 15.0 Å². The fourth-order valence-corrected chi connectivity index (χ4v) is 4.12. The summed E-state index contributed by atoms with van der Waals surface area (Å²) < 4.78 is 0. The number of guanidine groups is 1. The van der Waals surface area contributed by atoms with Crippen LogP contribution >= 0.6 is 22.7 Å². The van der Waals surface area contributed by atoms with Crippen LogP contribution in [0, 0.1) is 0 Å². The van der Waals surface area contributed by atoms with Gasteiger partial charge >= 0.3 is 0 Å². The van der Waals surface area contributed by atoms with Gasteiger partial charge in [-0.3, -0.25) is 0 Å². The monoisotopic (exact) mass is 364 g/mol. The number of piperazine rings is 1. The summed E-state index contributed by atoms with van der Waals surface area (Å²) in [5.74, 6) is 0.612. The van der Waals surface area contributed by atoms with Gasteiger partial charge in [-0.2, -0.15) is 0 Å². The highest BCUT2D eigenvalue weighted by Gasteiger charge is 2.20. The van der Waals surface area contributed by atoms with E-state index in [1.54, 1.807) is 22.7 Å². The van der Waals surface area contributed by atoms with Gasteiger partial charge < -0.3 is 15.5 Å². The smallest absolute Gasteiger partial charge is 0.191 e. The van der Waals surface area contributed by atoms with E-state index in [4.69, 9.17) is 5.73 Å². The zero-order valence-corrected chi connectivity index (χ0v) is 16.0. The number of aromatic nitrogens is 2. The van der Waals surface area contributed by atoms with Gasteiger partial charge in [0.2, 0.25) is 0 Å². The molecule has 1 saturated heterocycles. The summed E-state index contributed by atoms with van der Waals surface area (Å²) in [6.07, 6.45) is 1.85. The van der Waals surface area contributed by atoms with E-state index < -0.39 is 0 Å². The molecule has 0 bridgehead atoms. The number of nitrogens with two attached hydrogens (primary N) is 1. The lowest BCUT2D eigenvalue weighted by atomic mass is 9.93. The standard InChI is InChI=1S/C16H24N6S2/c1-16(2,3)12-11-24-13(20-12)10-19-14(17)21-5-7-22(8-6-21)15-18-4-9-23-15/h4,9,11H,5-8,10H2,1-3H3,(H2,17,19). The van der Waals surface area contributed by atoms with E-state index in [1.165, 1.54) is 0 Å². The largest absolute Gasteiger partial charge is 0.370 e. The maximum absolute atomic E-state index is 6.17. The van der Waals surface area contributed by atoms with Gasteiger partial charge in [-0.15, -0.1) is 22.7 Å². The van der Waals surface area contributed by atoms with E-state index in [0.29, 0.717) is 12.5 Å². The van der Waals surface area contributed by atoms with Crippen LogP contribution in [0.25, 0.3) is 0 Å². The summed E-state index contributed by atoms with van der Waals surface area (Å²) >= 11 is 3.34. The van der Waals surface area contributed by atoms with Crippen LogP contribution < -0.4 is 10.6 Å². The Bertz CT molecular complexity index is 678. The summed E-state index contributed by atoms with van der Waals surface area (Å²) in [5, 5.41) is 6.23. The Balaban J connectivity index is 1.54. The van der Waals surface area contributed by atoms with Crippen LogP contribution in [0.4, 0.5) is 5.13 Å². The van der Waals surface area contributed by atoms with Crippen molar-refractivity contribution in [3.05, 3.63) is 27.7 Å². The van der Waals surface area contributed by atoms with Crippen LogP contribution in [0.1, 0.15) is 31.5 Å². The summed E-state index contributed by atoms with van der Waals surface area (Å²) in [7, 11) is 0. The van der Waals surface area contributed by atoms with E-state index in [1.807, 2.05) is 11.6 Å². The minimum absolute atomic E-state index is 0.0795. The molecule has 0 amide bonds. The Hall–Kier alpha value is -1.67. The molecule has 130 valence electrons. The Morgan fingerprint density at radius 3 is 2.58 bits per heavy atom. The van der Waals surface area contributed by atoms with E-state index in [-0.39, 0.29) is 5.41 Å². The zero-order chi connectivity index (χ0) is 17.2. The molecule has 0 saturated carbocycles. The normalized spacial score (nSPS) is 16.7. The van der Waals surface area contributed by atoms with Crippen molar-refractivity contribution in [1.29, 1.82) is 0 Å². The maximum Gasteiger partial charge on any atom is 0.191 e. The summed E-state index contributed by atoms with van der Waals surface area (Å²) in [6, 6.07) is 0. The van der Waals surface area contributed by atoms with Crippen molar-refractivity contribution in [2.75, 3.05) is 31.1 Å². The molecule has 3 heterocycles. The average Bonchev–Trinajstić information content (AvgIpc) is 3.23. The second kappa shape index (κ2) is 7.06. The van der Waals surface area contributed by atoms with Crippen LogP contribution in [-0.2, 0) is 12.0 Å². The van der Waals surface area contributed by atoms with Crippen molar-refractivity contribution in [3.63, 3.8) is 0 Å². The molecular weight excluding hydrogens is 340 g/mol. The molecule has 2 aromatic rings. The predicted molar refractivity (Wildman–Crippen MR) is 102 cm³/mol. The topological polar surface area (TPSA) is 70.6 Å². The summed E-state index contributed by atoms with van der Waals surface area (Å²) in [4.78, 5) is 18.0. The van der Waals surface area contributed by atoms with E-state index in [0.717, 1.165) is 42.0 Å². The van der Waals surface area contributed by atoms with Crippen LogP contribution in [0.3, 0.4) is 0 Å². The Labute approximate surface area is 151 Å². The quantitative estimate of drug-likeness (QED) is 0.669. The molecule has 0 radical (unpaired) electrons. The third-order valence-electron chi connectivity index (χ3n) is 3.99. The van der Waals surface area contributed by atoms with Crippen molar-refractivity contribution in [1.82, 2.24) is 14.9 Å². The molecule has 0 spiro atoms. The predicted octanol–water partition coefficient (Wildman–Crippen LogP) is 2.53. The highest BCUT2D eigenvalue weighted by Crippen LogP contribution is 2.24. The van der Waals surface area contributed by atoms with Gasteiger partial charge in [-0.1, -0.05) is 20.8 Å². The van der Waals surface area contributed by atoms with Crippen LogP contribution in [-0.4, -0.2) is 47.0 Å². The second-order valence-corrected chi connectivity index (χ2v) is 8.66. The molecular formula is C16H24N6S2. The Kier molecular flexibility index (Phi) is 5.05. The molecule has 1 fully saturated rings. The van der Waals surface area contributed by atoms with Gasteiger partial charge in [0, 0.05) is 48.6 Å². The highest BCUT2D eigenvalue weighted by atomic mass is 32.1. The molecule has 0 aromatic carbocycles. The first-order chi connectivity index (χ1) is 11.4. The van der Waals surface area contributed by atoms with Crippen molar-refractivity contribution < 1.29 is 0 Å². The fourth-order valence-electron chi connectivity index (χ4n) is 2.48. The minimum atomic E-state index is 0.0795. The second-order valence-electron chi connectivity index (χ2n) is 6.84. The molecule has 6 nitrogen and oxygen atoms in total. The first-order valence-electron chi connectivity index (χ1n) is 8.07. The lowest BCUT2D eigenvalue weighted by Gasteiger charge is -2.35. The molecule has 0 aliphatic carbocycles. The number of rotatable bonds is 3. The average molecular weight is 365 g/mol. The van der Waals surface area contributed by atoms with Crippen molar-refractivity contribution in [2.45, 2.75) is 32.7 Å². The lowest BCUT2D eigenvalue weighted by Crippen LogP contribution is -2.51. The van der Waals surface area contributed by atoms with Crippen molar-refractivity contribution >= 4 is 33.8 Å². The third kappa shape index (κ3) is 4.05. The zero-order valence-electron chi connectivity index (χ0n) is 14.4. The lowest BCUT2D eigenvalue weighted by molar-refractivity contribution is 0.380. The number of anilines is 1. The number of aliphatic imine (C=N–C) groups is 1. The molecule has 1 aliphatic rings. The van der Waals surface area contributed by atoms with Gasteiger partial charge in [0.15, 0.2) is 11.1 Å². The van der Waals surface area contributed by atoms with Gasteiger partial charge in [0.1, 0.15) is 5.01 Å².